The maximum Gasteiger partial charge on any atom is 0.268 e. The fourth-order valence-corrected chi connectivity index (χ4v) is 4.50. The lowest BCUT2D eigenvalue weighted by molar-refractivity contribution is 0.425. The largest absolute Gasteiger partial charge is 0.435 e. The smallest absolute Gasteiger partial charge is 0.268 e. The van der Waals surface area contributed by atoms with E-state index >= 15 is 0 Å². The normalized spacial score (nSPS) is 14.4. The minimum Gasteiger partial charge on any atom is -0.435 e. The van der Waals surface area contributed by atoms with Gasteiger partial charge < -0.3 is 14.1 Å². The van der Waals surface area contributed by atoms with E-state index in [1.165, 1.54) is 22.0 Å². The summed E-state index contributed by atoms with van der Waals surface area (Å²) in [6.45, 7) is 7.57. The van der Waals surface area contributed by atoms with Crippen LogP contribution in [0.5, 0.6) is 11.6 Å². The standard InChI is InChI=1S/C23H15F2N3O2S/c1-26-23(6-7-23)13-9-16(17-12-28(2)22(29)20-15(17)5-8-31-20)21(27-11-13)30-19-4-3-14(24)10-18(19)25/h3-5,8-12H,6-7H2,2H3. The van der Waals surface area contributed by atoms with E-state index in [-0.39, 0.29) is 17.2 Å². The second-order valence-electron chi connectivity index (χ2n) is 7.52. The SMILES string of the molecule is [C-]#[N+]C1(c2cnc(Oc3ccc(F)cc3F)c(-c3cn(C)c(=O)c4sccc34)c2)CC1. The Bertz CT molecular complexity index is 1450. The molecule has 0 amide bonds. The molecule has 1 aliphatic rings. The van der Waals surface area contributed by atoms with Gasteiger partial charge in [-0.15, -0.1) is 11.3 Å². The predicted octanol–water partition coefficient (Wildman–Crippen LogP) is 5.64. The molecule has 0 N–H and O–H groups in total. The van der Waals surface area contributed by atoms with Crippen LogP contribution >= 0.6 is 11.3 Å². The highest BCUT2D eigenvalue weighted by Crippen LogP contribution is 2.51. The van der Waals surface area contributed by atoms with Gasteiger partial charge in [-0.2, -0.15) is 0 Å². The molecule has 31 heavy (non-hydrogen) atoms. The van der Waals surface area contributed by atoms with Gasteiger partial charge in [0, 0.05) is 54.9 Å². The minimum absolute atomic E-state index is 0.112. The van der Waals surface area contributed by atoms with Crippen LogP contribution in [0.15, 0.2) is 52.9 Å². The van der Waals surface area contributed by atoms with Crippen molar-refractivity contribution in [3.8, 4) is 22.8 Å². The molecule has 0 atom stereocenters. The van der Waals surface area contributed by atoms with Gasteiger partial charge in [-0.3, -0.25) is 4.79 Å². The molecule has 1 aromatic carbocycles. The first kappa shape index (κ1) is 19.4. The Hall–Kier alpha value is -3.57. The molecule has 1 saturated carbocycles. The third kappa shape index (κ3) is 3.18. The summed E-state index contributed by atoms with van der Waals surface area (Å²) < 4.78 is 35.4. The minimum atomic E-state index is -0.849. The first-order valence-corrected chi connectivity index (χ1v) is 10.4. The first-order chi connectivity index (χ1) is 14.9. The number of rotatable bonds is 4. The van der Waals surface area contributed by atoms with Crippen LogP contribution in [-0.2, 0) is 12.6 Å². The Morgan fingerprint density at radius 1 is 1.23 bits per heavy atom. The summed E-state index contributed by atoms with van der Waals surface area (Å²) in [7, 11) is 1.66. The average Bonchev–Trinajstić information content (AvgIpc) is 3.41. The molecule has 5 rings (SSSR count). The van der Waals surface area contributed by atoms with Gasteiger partial charge in [0.25, 0.3) is 11.1 Å². The van der Waals surface area contributed by atoms with E-state index in [9.17, 15) is 13.6 Å². The average molecular weight is 435 g/mol. The molecule has 8 heteroatoms. The zero-order chi connectivity index (χ0) is 21.8. The Labute approximate surface area is 180 Å². The number of fused-ring (bicyclic) bond motifs is 1. The number of benzene rings is 1. The summed E-state index contributed by atoms with van der Waals surface area (Å²) in [6, 6.07) is 6.71. The van der Waals surface area contributed by atoms with E-state index in [0.717, 1.165) is 35.9 Å². The number of hydrogen-bond acceptors (Lipinski definition) is 4. The first-order valence-electron chi connectivity index (χ1n) is 9.51. The van der Waals surface area contributed by atoms with Crippen molar-refractivity contribution >= 4 is 21.4 Å². The van der Waals surface area contributed by atoms with Gasteiger partial charge in [0.05, 0.1) is 5.56 Å². The fourth-order valence-electron chi connectivity index (χ4n) is 3.61. The third-order valence-electron chi connectivity index (χ3n) is 5.51. The molecule has 0 saturated heterocycles. The molecule has 3 heterocycles. The van der Waals surface area contributed by atoms with Crippen molar-refractivity contribution < 1.29 is 13.5 Å². The van der Waals surface area contributed by atoms with E-state index < -0.39 is 17.2 Å². The maximum atomic E-state index is 14.2. The molecule has 0 unspecified atom stereocenters. The summed E-state index contributed by atoms with van der Waals surface area (Å²) >= 11 is 1.33. The van der Waals surface area contributed by atoms with Crippen LogP contribution in [-0.4, -0.2) is 9.55 Å². The quantitative estimate of drug-likeness (QED) is 0.390. The lowest BCUT2D eigenvalue weighted by Gasteiger charge is -2.14. The molecule has 1 fully saturated rings. The molecule has 0 bridgehead atoms. The van der Waals surface area contributed by atoms with E-state index in [4.69, 9.17) is 11.3 Å². The van der Waals surface area contributed by atoms with Crippen LogP contribution in [0.1, 0.15) is 18.4 Å². The van der Waals surface area contributed by atoms with Crippen LogP contribution < -0.4 is 10.3 Å². The van der Waals surface area contributed by atoms with Crippen LogP contribution in [0.4, 0.5) is 8.78 Å². The highest BCUT2D eigenvalue weighted by molar-refractivity contribution is 7.17. The number of aryl methyl sites for hydroxylation is 1. The number of thiophene rings is 1. The zero-order valence-corrected chi connectivity index (χ0v) is 17.2. The van der Waals surface area contributed by atoms with Crippen LogP contribution in [0.3, 0.4) is 0 Å². The van der Waals surface area contributed by atoms with Gasteiger partial charge in [-0.25, -0.2) is 20.3 Å². The Kier molecular flexibility index (Phi) is 4.38. The van der Waals surface area contributed by atoms with Crippen molar-refractivity contribution in [3.05, 3.63) is 87.1 Å². The topological polar surface area (TPSA) is 48.5 Å². The fraction of sp³-hybridized carbons (Fsp3) is 0.174. The molecule has 0 radical (unpaired) electrons. The van der Waals surface area contributed by atoms with Crippen LogP contribution in [0.25, 0.3) is 26.1 Å². The van der Waals surface area contributed by atoms with Gasteiger partial charge in [0.15, 0.2) is 11.6 Å². The molecule has 5 nitrogen and oxygen atoms in total. The highest BCUT2D eigenvalue weighted by Gasteiger charge is 2.53. The van der Waals surface area contributed by atoms with Gasteiger partial charge in [0.2, 0.25) is 5.88 Å². The monoisotopic (exact) mass is 435 g/mol. The molecular weight excluding hydrogens is 420 g/mol. The summed E-state index contributed by atoms with van der Waals surface area (Å²) in [5.74, 6) is -1.61. The second kappa shape index (κ2) is 7.00. The van der Waals surface area contributed by atoms with Gasteiger partial charge in [0.1, 0.15) is 10.5 Å². The Morgan fingerprint density at radius 2 is 2.03 bits per heavy atom. The van der Waals surface area contributed by atoms with E-state index in [0.29, 0.717) is 15.8 Å². The third-order valence-corrected chi connectivity index (χ3v) is 6.41. The second-order valence-corrected chi connectivity index (χ2v) is 8.44. The summed E-state index contributed by atoms with van der Waals surface area (Å²) in [6.07, 6.45) is 4.73. The number of ether oxygens (including phenoxy) is 1. The van der Waals surface area contributed by atoms with Crippen molar-refractivity contribution in [2.24, 2.45) is 7.05 Å². The van der Waals surface area contributed by atoms with Crippen molar-refractivity contribution in [3.63, 3.8) is 0 Å². The summed E-state index contributed by atoms with van der Waals surface area (Å²) in [5, 5.41) is 2.55. The number of pyridine rings is 2. The van der Waals surface area contributed by atoms with Crippen molar-refractivity contribution in [1.29, 1.82) is 0 Å². The summed E-state index contributed by atoms with van der Waals surface area (Å²) in [5.41, 5.74) is 1.25. The molecule has 3 aromatic heterocycles. The van der Waals surface area contributed by atoms with E-state index in [2.05, 4.69) is 9.83 Å². The lowest BCUT2D eigenvalue weighted by atomic mass is 10.00. The molecule has 0 aliphatic heterocycles. The lowest BCUT2D eigenvalue weighted by Crippen LogP contribution is -2.15. The zero-order valence-electron chi connectivity index (χ0n) is 16.4. The highest BCUT2D eigenvalue weighted by atomic mass is 32.1. The number of hydrogen-bond donors (Lipinski definition) is 0. The van der Waals surface area contributed by atoms with Gasteiger partial charge in [-0.1, -0.05) is 0 Å². The van der Waals surface area contributed by atoms with Crippen molar-refractivity contribution in [2.45, 2.75) is 18.4 Å². The molecule has 4 aromatic rings. The molecule has 1 aliphatic carbocycles. The van der Waals surface area contributed by atoms with Crippen LogP contribution in [0, 0.1) is 18.2 Å². The number of nitrogens with zero attached hydrogens (tertiary/aromatic N) is 3. The Morgan fingerprint density at radius 3 is 2.74 bits per heavy atom. The number of aromatic nitrogens is 2. The maximum absolute atomic E-state index is 14.2. The van der Waals surface area contributed by atoms with Gasteiger partial charge in [-0.05, 0) is 29.6 Å². The molecule has 0 spiro atoms. The summed E-state index contributed by atoms with van der Waals surface area (Å²) in [4.78, 5) is 20.7. The van der Waals surface area contributed by atoms with Crippen molar-refractivity contribution in [1.82, 2.24) is 9.55 Å². The van der Waals surface area contributed by atoms with Gasteiger partial charge >= 0.3 is 0 Å². The molecular formula is C23H15F2N3O2S. The van der Waals surface area contributed by atoms with E-state index in [1.807, 2.05) is 17.5 Å². The molecule has 154 valence electrons. The Balaban J connectivity index is 1.74. The predicted molar refractivity (Wildman–Crippen MR) is 114 cm³/mol. The number of halogens is 2. The van der Waals surface area contributed by atoms with Crippen LogP contribution in [0.2, 0.25) is 0 Å². The van der Waals surface area contributed by atoms with Crippen molar-refractivity contribution in [2.75, 3.05) is 0 Å². The van der Waals surface area contributed by atoms with E-state index in [1.54, 1.807) is 19.4 Å².